The number of hydrogen-bond donors (Lipinski definition) is 0. The Labute approximate surface area is 134 Å². The molecule has 0 fully saturated rings. The highest BCUT2D eigenvalue weighted by Crippen LogP contribution is 2.41. The van der Waals surface area contributed by atoms with Crippen molar-refractivity contribution in [1.82, 2.24) is 0 Å². The van der Waals surface area contributed by atoms with Gasteiger partial charge in [0.1, 0.15) is 11.5 Å². The van der Waals surface area contributed by atoms with E-state index >= 15 is 0 Å². The van der Waals surface area contributed by atoms with Crippen molar-refractivity contribution in [2.24, 2.45) is 5.92 Å². The largest absolute Gasteiger partial charge is 0.496 e. The molecule has 0 heterocycles. The monoisotopic (exact) mass is 298 g/mol. The molecule has 0 unspecified atom stereocenters. The van der Waals surface area contributed by atoms with Crippen LogP contribution in [-0.2, 0) is 0 Å². The Balaban J connectivity index is 2.66. The molecule has 0 amide bonds. The van der Waals surface area contributed by atoms with Crippen LogP contribution in [0.25, 0.3) is 0 Å². The summed E-state index contributed by atoms with van der Waals surface area (Å²) in [5, 5.41) is 0. The Morgan fingerprint density at radius 3 is 1.45 bits per heavy atom. The van der Waals surface area contributed by atoms with Crippen molar-refractivity contribution in [3.8, 4) is 11.5 Å². The Morgan fingerprint density at radius 2 is 1.14 bits per heavy atom. The van der Waals surface area contributed by atoms with Crippen LogP contribution in [0.15, 0.2) is 36.4 Å². The Morgan fingerprint density at radius 1 is 0.727 bits per heavy atom. The van der Waals surface area contributed by atoms with E-state index in [1.54, 1.807) is 14.2 Å². The molecule has 2 aromatic rings. The SMILES string of the molecule is COc1ccc(C)cc1C(c1cc(C)ccc1OC)C(C)C. The second kappa shape index (κ2) is 6.87. The molecule has 0 saturated carbocycles. The van der Waals surface area contributed by atoms with Crippen LogP contribution in [0.4, 0.5) is 0 Å². The van der Waals surface area contributed by atoms with Crippen LogP contribution in [0.5, 0.6) is 11.5 Å². The van der Waals surface area contributed by atoms with E-state index in [0.717, 1.165) is 11.5 Å². The first-order valence-electron chi connectivity index (χ1n) is 7.77. The maximum Gasteiger partial charge on any atom is 0.122 e. The van der Waals surface area contributed by atoms with Gasteiger partial charge in [-0.1, -0.05) is 49.2 Å². The normalized spacial score (nSPS) is 11.1. The van der Waals surface area contributed by atoms with Crippen molar-refractivity contribution in [2.75, 3.05) is 14.2 Å². The summed E-state index contributed by atoms with van der Waals surface area (Å²) in [5.41, 5.74) is 4.93. The van der Waals surface area contributed by atoms with Gasteiger partial charge >= 0.3 is 0 Å². The van der Waals surface area contributed by atoms with E-state index in [-0.39, 0.29) is 5.92 Å². The van der Waals surface area contributed by atoms with Gasteiger partial charge < -0.3 is 9.47 Å². The van der Waals surface area contributed by atoms with Crippen molar-refractivity contribution >= 4 is 0 Å². The third-order valence-corrected chi connectivity index (χ3v) is 4.11. The number of hydrogen-bond acceptors (Lipinski definition) is 2. The first kappa shape index (κ1) is 16.4. The van der Waals surface area contributed by atoms with Gasteiger partial charge in [-0.15, -0.1) is 0 Å². The predicted octanol–water partition coefficient (Wildman–Crippen LogP) is 5.11. The van der Waals surface area contributed by atoms with Gasteiger partial charge in [-0.3, -0.25) is 0 Å². The molecular formula is C20H26O2. The van der Waals surface area contributed by atoms with Crippen molar-refractivity contribution in [2.45, 2.75) is 33.6 Å². The summed E-state index contributed by atoms with van der Waals surface area (Å²) in [7, 11) is 3.47. The first-order valence-corrected chi connectivity index (χ1v) is 7.77. The first-order chi connectivity index (χ1) is 10.5. The molecule has 118 valence electrons. The zero-order valence-electron chi connectivity index (χ0n) is 14.4. The third-order valence-electron chi connectivity index (χ3n) is 4.11. The van der Waals surface area contributed by atoms with Crippen molar-refractivity contribution in [3.05, 3.63) is 58.7 Å². The topological polar surface area (TPSA) is 18.5 Å². The summed E-state index contributed by atoms with van der Waals surface area (Å²) >= 11 is 0. The average molecular weight is 298 g/mol. The van der Waals surface area contributed by atoms with E-state index < -0.39 is 0 Å². The predicted molar refractivity (Wildman–Crippen MR) is 92.1 cm³/mol. The van der Waals surface area contributed by atoms with Crippen molar-refractivity contribution in [3.63, 3.8) is 0 Å². The number of aryl methyl sites for hydroxylation is 2. The zero-order chi connectivity index (χ0) is 16.3. The molecule has 2 heteroatoms. The van der Waals surface area contributed by atoms with Gasteiger partial charge in [0.2, 0.25) is 0 Å². The Hall–Kier alpha value is -1.96. The van der Waals surface area contributed by atoms with Crippen LogP contribution in [0.2, 0.25) is 0 Å². The Kier molecular flexibility index (Phi) is 5.12. The molecule has 0 aromatic heterocycles. The molecule has 0 aliphatic heterocycles. The maximum atomic E-state index is 5.62. The van der Waals surface area contributed by atoms with E-state index in [4.69, 9.17) is 9.47 Å². The van der Waals surface area contributed by atoms with Gasteiger partial charge in [0, 0.05) is 17.0 Å². The molecule has 0 saturated heterocycles. The van der Waals surface area contributed by atoms with E-state index in [1.165, 1.54) is 22.3 Å². The second-order valence-electron chi connectivity index (χ2n) is 6.21. The van der Waals surface area contributed by atoms with Gasteiger partial charge in [0.05, 0.1) is 14.2 Å². The van der Waals surface area contributed by atoms with Crippen LogP contribution < -0.4 is 9.47 Å². The van der Waals surface area contributed by atoms with Gasteiger partial charge in [0.25, 0.3) is 0 Å². The lowest BCUT2D eigenvalue weighted by Gasteiger charge is -2.26. The molecule has 2 aromatic carbocycles. The molecule has 0 radical (unpaired) electrons. The van der Waals surface area contributed by atoms with Gasteiger partial charge in [-0.25, -0.2) is 0 Å². The lowest BCUT2D eigenvalue weighted by molar-refractivity contribution is 0.389. The lowest BCUT2D eigenvalue weighted by Crippen LogP contribution is -2.12. The summed E-state index contributed by atoms with van der Waals surface area (Å²) < 4.78 is 11.2. The zero-order valence-corrected chi connectivity index (χ0v) is 14.4. The van der Waals surface area contributed by atoms with Crippen LogP contribution in [0.3, 0.4) is 0 Å². The van der Waals surface area contributed by atoms with Crippen LogP contribution >= 0.6 is 0 Å². The standard InChI is InChI=1S/C20H26O2/c1-13(2)20(16-11-14(3)7-9-18(16)21-5)17-12-15(4)8-10-19(17)22-6/h7-13,20H,1-6H3. The van der Waals surface area contributed by atoms with E-state index in [0.29, 0.717) is 5.92 Å². The minimum absolute atomic E-state index is 0.240. The molecule has 2 rings (SSSR count). The molecule has 0 aliphatic rings. The average Bonchev–Trinajstić information content (AvgIpc) is 2.47. The summed E-state index contributed by atoms with van der Waals surface area (Å²) in [5.74, 6) is 2.55. The summed E-state index contributed by atoms with van der Waals surface area (Å²) in [6.07, 6.45) is 0. The van der Waals surface area contributed by atoms with Gasteiger partial charge in [-0.2, -0.15) is 0 Å². The van der Waals surface area contributed by atoms with E-state index in [9.17, 15) is 0 Å². The lowest BCUT2D eigenvalue weighted by atomic mass is 9.80. The molecule has 22 heavy (non-hydrogen) atoms. The fraction of sp³-hybridized carbons (Fsp3) is 0.400. The Bertz CT molecular complexity index is 591. The maximum absolute atomic E-state index is 5.62. The highest BCUT2D eigenvalue weighted by Gasteiger charge is 2.25. The number of methoxy groups -OCH3 is 2. The highest BCUT2D eigenvalue weighted by molar-refractivity contribution is 5.49. The van der Waals surface area contributed by atoms with Crippen molar-refractivity contribution in [1.29, 1.82) is 0 Å². The summed E-state index contributed by atoms with van der Waals surface area (Å²) in [6, 6.07) is 12.8. The molecule has 0 bridgehead atoms. The summed E-state index contributed by atoms with van der Waals surface area (Å²) in [6.45, 7) is 8.73. The van der Waals surface area contributed by atoms with Crippen LogP contribution in [0.1, 0.15) is 42.0 Å². The third kappa shape index (κ3) is 3.27. The minimum atomic E-state index is 0.240. The summed E-state index contributed by atoms with van der Waals surface area (Å²) in [4.78, 5) is 0. The molecule has 0 atom stereocenters. The quantitative estimate of drug-likeness (QED) is 0.763. The molecule has 2 nitrogen and oxygen atoms in total. The second-order valence-corrected chi connectivity index (χ2v) is 6.21. The van der Waals surface area contributed by atoms with E-state index in [2.05, 4.69) is 64.1 Å². The van der Waals surface area contributed by atoms with Crippen molar-refractivity contribution < 1.29 is 9.47 Å². The van der Waals surface area contributed by atoms with Gasteiger partial charge in [-0.05, 0) is 31.9 Å². The van der Waals surface area contributed by atoms with E-state index in [1.807, 2.05) is 0 Å². The highest BCUT2D eigenvalue weighted by atomic mass is 16.5. The molecule has 0 aliphatic carbocycles. The number of rotatable bonds is 5. The molecular weight excluding hydrogens is 272 g/mol. The smallest absolute Gasteiger partial charge is 0.122 e. The fourth-order valence-electron chi connectivity index (χ4n) is 3.08. The number of ether oxygens (including phenoxy) is 2. The van der Waals surface area contributed by atoms with Crippen LogP contribution in [-0.4, -0.2) is 14.2 Å². The molecule has 0 spiro atoms. The fourth-order valence-corrected chi connectivity index (χ4v) is 3.08. The minimum Gasteiger partial charge on any atom is -0.496 e. The van der Waals surface area contributed by atoms with Crippen LogP contribution in [0, 0.1) is 19.8 Å². The molecule has 0 N–H and O–H groups in total. The van der Waals surface area contributed by atoms with Gasteiger partial charge in [0.15, 0.2) is 0 Å². The number of benzene rings is 2.